The number of nitrogens with two attached hydrogens (primary N) is 2. The van der Waals surface area contributed by atoms with E-state index in [4.69, 9.17) is 11.5 Å². The molecule has 0 aromatic carbocycles. The van der Waals surface area contributed by atoms with Crippen LogP contribution in [0.1, 0.15) is 52.4 Å². The van der Waals surface area contributed by atoms with E-state index in [1.54, 1.807) is 0 Å². The first-order valence-corrected chi connectivity index (χ1v) is 8.20. The van der Waals surface area contributed by atoms with Crippen molar-refractivity contribution in [1.82, 2.24) is 4.90 Å². The van der Waals surface area contributed by atoms with E-state index in [2.05, 4.69) is 13.8 Å². The van der Waals surface area contributed by atoms with Crippen molar-refractivity contribution in [3.63, 3.8) is 0 Å². The van der Waals surface area contributed by atoms with Gasteiger partial charge < -0.3 is 16.4 Å². The van der Waals surface area contributed by atoms with Crippen molar-refractivity contribution in [2.75, 3.05) is 13.1 Å². The first-order valence-electron chi connectivity index (χ1n) is 8.20. The molecule has 5 heteroatoms. The normalized spacial score (nSPS) is 37.3. The molecule has 2 rings (SSSR count). The molecule has 4 N–H and O–H groups in total. The fraction of sp³-hybridized carbons (Fsp3) is 0.875. The van der Waals surface area contributed by atoms with Crippen molar-refractivity contribution in [3.05, 3.63) is 0 Å². The second kappa shape index (κ2) is 6.34. The van der Waals surface area contributed by atoms with E-state index in [0.29, 0.717) is 19.0 Å². The van der Waals surface area contributed by atoms with Crippen LogP contribution >= 0.6 is 0 Å². The lowest BCUT2D eigenvalue weighted by molar-refractivity contribution is -0.149. The molecule has 5 nitrogen and oxygen atoms in total. The number of hydrogen-bond acceptors (Lipinski definition) is 3. The molecule has 120 valence electrons. The van der Waals surface area contributed by atoms with Crippen LogP contribution in [0.25, 0.3) is 0 Å². The van der Waals surface area contributed by atoms with Crippen LogP contribution in [0.3, 0.4) is 0 Å². The summed E-state index contributed by atoms with van der Waals surface area (Å²) in [5.74, 6) is 0.325. The monoisotopic (exact) mass is 295 g/mol. The lowest BCUT2D eigenvalue weighted by atomic mass is 9.69. The molecule has 2 atom stereocenters. The smallest absolute Gasteiger partial charge is 0.230 e. The van der Waals surface area contributed by atoms with Crippen molar-refractivity contribution >= 4 is 11.8 Å². The van der Waals surface area contributed by atoms with E-state index in [9.17, 15) is 9.59 Å². The van der Waals surface area contributed by atoms with Crippen LogP contribution in [-0.4, -0.2) is 35.8 Å². The van der Waals surface area contributed by atoms with E-state index in [1.165, 1.54) is 0 Å². The SMILES string of the molecule is CC1CCC(CN)(C(=O)N2CC(C(N)=O)CCC2C)CC1. The second-order valence-electron chi connectivity index (χ2n) is 7.15. The quantitative estimate of drug-likeness (QED) is 0.821. The van der Waals surface area contributed by atoms with Gasteiger partial charge in [-0.05, 0) is 51.4 Å². The highest BCUT2D eigenvalue weighted by atomic mass is 16.2. The summed E-state index contributed by atoms with van der Waals surface area (Å²) in [4.78, 5) is 26.4. The van der Waals surface area contributed by atoms with Crippen molar-refractivity contribution in [3.8, 4) is 0 Å². The van der Waals surface area contributed by atoms with Gasteiger partial charge in [-0.2, -0.15) is 0 Å². The number of nitrogens with zero attached hydrogens (tertiary/aromatic N) is 1. The maximum Gasteiger partial charge on any atom is 0.230 e. The summed E-state index contributed by atoms with van der Waals surface area (Å²) in [5, 5.41) is 0. The molecule has 1 heterocycles. The van der Waals surface area contributed by atoms with Gasteiger partial charge in [0.25, 0.3) is 0 Å². The number of piperidine rings is 1. The Morgan fingerprint density at radius 3 is 2.29 bits per heavy atom. The predicted octanol–water partition coefficient (Wildman–Crippen LogP) is 1.25. The summed E-state index contributed by atoms with van der Waals surface area (Å²) in [7, 11) is 0. The summed E-state index contributed by atoms with van der Waals surface area (Å²) in [5.41, 5.74) is 11.0. The van der Waals surface area contributed by atoms with Crippen LogP contribution in [-0.2, 0) is 9.59 Å². The van der Waals surface area contributed by atoms with Gasteiger partial charge in [0.15, 0.2) is 0 Å². The van der Waals surface area contributed by atoms with E-state index < -0.39 is 5.41 Å². The van der Waals surface area contributed by atoms with Crippen molar-refractivity contribution in [2.45, 2.75) is 58.4 Å². The van der Waals surface area contributed by atoms with Gasteiger partial charge in [-0.25, -0.2) is 0 Å². The molecule has 1 aliphatic heterocycles. The van der Waals surface area contributed by atoms with Gasteiger partial charge in [0.05, 0.1) is 11.3 Å². The van der Waals surface area contributed by atoms with Crippen molar-refractivity contribution < 1.29 is 9.59 Å². The lowest BCUT2D eigenvalue weighted by Crippen LogP contribution is -2.56. The zero-order valence-electron chi connectivity index (χ0n) is 13.3. The lowest BCUT2D eigenvalue weighted by Gasteiger charge is -2.45. The molecular formula is C16H29N3O2. The van der Waals surface area contributed by atoms with Crippen LogP contribution in [0.2, 0.25) is 0 Å². The summed E-state index contributed by atoms with van der Waals surface area (Å²) in [6.07, 6.45) is 5.49. The molecule has 21 heavy (non-hydrogen) atoms. The molecule has 2 aliphatic rings. The average Bonchev–Trinajstić information content (AvgIpc) is 2.48. The Morgan fingerprint density at radius 1 is 1.14 bits per heavy atom. The highest BCUT2D eigenvalue weighted by Crippen LogP contribution is 2.41. The Labute approximate surface area is 127 Å². The van der Waals surface area contributed by atoms with Gasteiger partial charge in [0.2, 0.25) is 11.8 Å². The first kappa shape index (κ1) is 16.3. The van der Waals surface area contributed by atoms with Crippen molar-refractivity contribution in [1.29, 1.82) is 0 Å². The van der Waals surface area contributed by atoms with Crippen LogP contribution < -0.4 is 11.5 Å². The molecule has 0 bridgehead atoms. The Kier molecular flexibility index (Phi) is 4.91. The van der Waals surface area contributed by atoms with Crippen LogP contribution in [0.15, 0.2) is 0 Å². The topological polar surface area (TPSA) is 89.4 Å². The predicted molar refractivity (Wildman–Crippen MR) is 82.2 cm³/mol. The van der Waals surface area contributed by atoms with E-state index in [0.717, 1.165) is 38.5 Å². The third-order valence-electron chi connectivity index (χ3n) is 5.62. The van der Waals surface area contributed by atoms with Gasteiger partial charge in [-0.15, -0.1) is 0 Å². The summed E-state index contributed by atoms with van der Waals surface area (Å²) >= 11 is 0. The van der Waals surface area contributed by atoms with Gasteiger partial charge in [0.1, 0.15) is 0 Å². The van der Waals surface area contributed by atoms with Crippen molar-refractivity contribution in [2.24, 2.45) is 28.7 Å². The number of carbonyl (C=O) groups excluding carboxylic acids is 2. The van der Waals surface area contributed by atoms with Crippen LogP contribution in [0.5, 0.6) is 0 Å². The second-order valence-corrected chi connectivity index (χ2v) is 7.15. The Hall–Kier alpha value is -1.10. The molecule has 2 fully saturated rings. The highest BCUT2D eigenvalue weighted by molar-refractivity contribution is 5.85. The summed E-state index contributed by atoms with van der Waals surface area (Å²) in [6.45, 7) is 5.16. The minimum atomic E-state index is -0.416. The summed E-state index contributed by atoms with van der Waals surface area (Å²) in [6, 6.07) is 0.177. The third kappa shape index (κ3) is 3.23. The molecule has 0 aromatic rings. The molecular weight excluding hydrogens is 266 g/mol. The number of hydrogen-bond donors (Lipinski definition) is 2. The number of rotatable bonds is 3. The fourth-order valence-corrected chi connectivity index (χ4v) is 3.75. The molecule has 1 saturated heterocycles. The summed E-state index contributed by atoms with van der Waals surface area (Å²) < 4.78 is 0. The molecule has 2 unspecified atom stereocenters. The van der Waals surface area contributed by atoms with Gasteiger partial charge in [-0.3, -0.25) is 9.59 Å². The van der Waals surface area contributed by atoms with E-state index in [1.807, 2.05) is 4.90 Å². The molecule has 2 amide bonds. The first-order chi connectivity index (χ1) is 9.89. The molecule has 0 radical (unpaired) electrons. The maximum atomic E-state index is 13.1. The third-order valence-corrected chi connectivity index (χ3v) is 5.62. The Morgan fingerprint density at radius 2 is 1.76 bits per heavy atom. The highest BCUT2D eigenvalue weighted by Gasteiger charge is 2.45. The Bertz CT molecular complexity index is 402. The molecule has 1 aliphatic carbocycles. The average molecular weight is 295 g/mol. The van der Waals surface area contributed by atoms with Crippen LogP contribution in [0, 0.1) is 17.3 Å². The van der Waals surface area contributed by atoms with Gasteiger partial charge in [-0.1, -0.05) is 6.92 Å². The molecule has 0 spiro atoms. The minimum absolute atomic E-state index is 0.148. The minimum Gasteiger partial charge on any atom is -0.369 e. The zero-order chi connectivity index (χ0) is 15.6. The number of carbonyl (C=O) groups is 2. The fourth-order valence-electron chi connectivity index (χ4n) is 3.75. The van der Waals surface area contributed by atoms with E-state index in [-0.39, 0.29) is 23.8 Å². The number of primary amides is 1. The van der Waals surface area contributed by atoms with Crippen LogP contribution in [0.4, 0.5) is 0 Å². The van der Waals surface area contributed by atoms with Gasteiger partial charge >= 0.3 is 0 Å². The molecule has 1 saturated carbocycles. The number of amides is 2. The standard InChI is InChI=1S/C16H29N3O2/c1-11-5-7-16(10-17,8-6-11)15(21)19-9-13(14(18)20)4-3-12(19)2/h11-13H,3-10,17H2,1-2H3,(H2,18,20). The maximum absolute atomic E-state index is 13.1. The van der Waals surface area contributed by atoms with E-state index >= 15 is 0 Å². The molecule has 0 aromatic heterocycles. The Balaban J connectivity index is 2.14. The zero-order valence-corrected chi connectivity index (χ0v) is 13.3. The number of likely N-dealkylation sites (tertiary alicyclic amines) is 1. The largest absolute Gasteiger partial charge is 0.369 e. The van der Waals surface area contributed by atoms with Gasteiger partial charge in [0, 0.05) is 19.1 Å².